The molecule has 7 nitrogen and oxygen atoms in total. The van der Waals surface area contributed by atoms with E-state index in [0.717, 1.165) is 0 Å². The van der Waals surface area contributed by atoms with Gasteiger partial charge in [0.1, 0.15) is 25.0 Å². The molecule has 0 amide bonds. The SMILES string of the molecule is CCOC(=O)c1c(C)n(CC(=O)O)c2ccc(OCC3CO3)cc12. The van der Waals surface area contributed by atoms with Crippen LogP contribution in [0.4, 0.5) is 0 Å². The quantitative estimate of drug-likeness (QED) is 0.615. The van der Waals surface area contributed by atoms with E-state index in [0.29, 0.717) is 41.1 Å². The van der Waals surface area contributed by atoms with Gasteiger partial charge in [0.05, 0.1) is 18.8 Å². The van der Waals surface area contributed by atoms with Gasteiger partial charge >= 0.3 is 11.9 Å². The summed E-state index contributed by atoms with van der Waals surface area (Å²) >= 11 is 0. The van der Waals surface area contributed by atoms with Crippen molar-refractivity contribution in [3.8, 4) is 5.75 Å². The van der Waals surface area contributed by atoms with Crippen molar-refractivity contribution in [3.63, 3.8) is 0 Å². The second kappa shape index (κ2) is 6.52. The topological polar surface area (TPSA) is 90.3 Å². The summed E-state index contributed by atoms with van der Waals surface area (Å²) in [4.78, 5) is 23.5. The fourth-order valence-electron chi connectivity index (χ4n) is 2.70. The molecule has 0 saturated carbocycles. The first kappa shape index (κ1) is 16.3. The zero-order valence-electron chi connectivity index (χ0n) is 13.6. The number of epoxide rings is 1. The van der Waals surface area contributed by atoms with Crippen LogP contribution in [-0.4, -0.2) is 47.5 Å². The average Bonchev–Trinajstić information content (AvgIpc) is 3.31. The number of benzene rings is 1. The number of carbonyl (C=O) groups is 2. The van der Waals surface area contributed by atoms with E-state index in [4.69, 9.17) is 19.3 Å². The summed E-state index contributed by atoms with van der Waals surface area (Å²) < 4.78 is 17.5. The fraction of sp³-hybridized carbons (Fsp3) is 0.412. The van der Waals surface area contributed by atoms with Gasteiger partial charge in [0.2, 0.25) is 0 Å². The van der Waals surface area contributed by atoms with E-state index in [1.807, 2.05) is 0 Å². The summed E-state index contributed by atoms with van der Waals surface area (Å²) in [5.74, 6) is -0.834. The van der Waals surface area contributed by atoms with Gasteiger partial charge in [-0.05, 0) is 32.0 Å². The van der Waals surface area contributed by atoms with E-state index in [2.05, 4.69) is 0 Å². The lowest BCUT2D eigenvalue weighted by Crippen LogP contribution is -2.12. The highest BCUT2D eigenvalue weighted by Gasteiger charge is 2.25. The number of hydrogen-bond acceptors (Lipinski definition) is 5. The number of carboxylic acids is 1. The molecule has 0 aliphatic carbocycles. The maximum absolute atomic E-state index is 12.3. The second-order valence-corrected chi connectivity index (χ2v) is 5.61. The molecule has 3 rings (SSSR count). The lowest BCUT2D eigenvalue weighted by atomic mass is 10.1. The minimum Gasteiger partial charge on any atom is -0.491 e. The Morgan fingerprint density at radius 3 is 2.79 bits per heavy atom. The molecule has 7 heteroatoms. The predicted octanol–water partition coefficient (Wildman–Crippen LogP) is 1.99. The Bertz CT molecular complexity index is 790. The summed E-state index contributed by atoms with van der Waals surface area (Å²) in [5.41, 5.74) is 1.60. The van der Waals surface area contributed by atoms with E-state index >= 15 is 0 Å². The molecule has 0 radical (unpaired) electrons. The first-order valence-corrected chi connectivity index (χ1v) is 7.77. The lowest BCUT2D eigenvalue weighted by molar-refractivity contribution is -0.137. The molecular weight excluding hydrogens is 314 g/mol. The van der Waals surface area contributed by atoms with Gasteiger partial charge in [-0.25, -0.2) is 4.79 Å². The van der Waals surface area contributed by atoms with Crippen molar-refractivity contribution in [2.45, 2.75) is 26.5 Å². The normalized spacial score (nSPS) is 16.2. The van der Waals surface area contributed by atoms with Crippen LogP contribution < -0.4 is 4.74 Å². The number of carboxylic acid groups (broad SMARTS) is 1. The molecule has 128 valence electrons. The number of hydrogen-bond donors (Lipinski definition) is 1. The molecule has 1 fully saturated rings. The largest absolute Gasteiger partial charge is 0.491 e. The highest BCUT2D eigenvalue weighted by Crippen LogP contribution is 2.30. The number of esters is 1. The van der Waals surface area contributed by atoms with Crippen molar-refractivity contribution >= 4 is 22.8 Å². The van der Waals surface area contributed by atoms with E-state index in [-0.39, 0.29) is 19.3 Å². The first-order chi connectivity index (χ1) is 11.5. The summed E-state index contributed by atoms with van der Waals surface area (Å²) in [6.07, 6.45) is 0.128. The van der Waals surface area contributed by atoms with Gasteiger partial charge in [0.25, 0.3) is 0 Å². The summed E-state index contributed by atoms with van der Waals surface area (Å²) in [5, 5.41) is 9.76. The third kappa shape index (κ3) is 3.21. The minimum atomic E-state index is -0.975. The smallest absolute Gasteiger partial charge is 0.340 e. The molecular formula is C17H19NO6. The van der Waals surface area contributed by atoms with Crippen LogP contribution in [0, 0.1) is 6.92 Å². The molecule has 1 aromatic carbocycles. The number of fused-ring (bicyclic) bond motifs is 1. The summed E-state index contributed by atoms with van der Waals surface area (Å²) in [6.45, 7) is 4.62. The molecule has 24 heavy (non-hydrogen) atoms. The van der Waals surface area contributed by atoms with Crippen molar-refractivity contribution in [2.75, 3.05) is 19.8 Å². The van der Waals surface area contributed by atoms with Gasteiger partial charge in [-0.15, -0.1) is 0 Å². The molecule has 2 heterocycles. The van der Waals surface area contributed by atoms with Crippen LogP contribution in [0.1, 0.15) is 23.0 Å². The molecule has 1 atom stereocenters. The van der Waals surface area contributed by atoms with E-state index in [9.17, 15) is 9.59 Å². The Morgan fingerprint density at radius 2 is 2.17 bits per heavy atom. The van der Waals surface area contributed by atoms with Crippen molar-refractivity contribution < 1.29 is 28.9 Å². The molecule has 1 aliphatic rings. The van der Waals surface area contributed by atoms with Crippen molar-refractivity contribution in [1.82, 2.24) is 4.57 Å². The lowest BCUT2D eigenvalue weighted by Gasteiger charge is -2.06. The van der Waals surface area contributed by atoms with Crippen LogP contribution in [0.3, 0.4) is 0 Å². The first-order valence-electron chi connectivity index (χ1n) is 7.77. The summed E-state index contributed by atoms with van der Waals surface area (Å²) in [7, 11) is 0. The van der Waals surface area contributed by atoms with Gasteiger partial charge in [0, 0.05) is 16.6 Å². The van der Waals surface area contributed by atoms with E-state index < -0.39 is 11.9 Å². The molecule has 1 unspecified atom stereocenters. The van der Waals surface area contributed by atoms with Crippen LogP contribution in [0.15, 0.2) is 18.2 Å². The van der Waals surface area contributed by atoms with Crippen molar-refractivity contribution in [3.05, 3.63) is 29.5 Å². The standard InChI is InChI=1S/C17H19NO6/c1-3-22-17(21)16-10(2)18(7-15(19)20)14-5-4-11(6-13(14)16)23-8-12-9-24-12/h4-6,12H,3,7-9H2,1-2H3,(H,19,20). The zero-order valence-corrected chi connectivity index (χ0v) is 13.6. The zero-order chi connectivity index (χ0) is 17.3. The average molecular weight is 333 g/mol. The van der Waals surface area contributed by atoms with Gasteiger partial charge in [0.15, 0.2) is 0 Å². The third-order valence-electron chi connectivity index (χ3n) is 3.91. The highest BCUT2D eigenvalue weighted by atomic mass is 16.6. The number of rotatable bonds is 7. The van der Waals surface area contributed by atoms with Crippen LogP contribution in [0.25, 0.3) is 10.9 Å². The molecule has 0 bridgehead atoms. The molecule has 1 N–H and O–H groups in total. The molecule has 1 aromatic heterocycles. The second-order valence-electron chi connectivity index (χ2n) is 5.61. The number of aliphatic carboxylic acids is 1. The van der Waals surface area contributed by atoms with Crippen LogP contribution >= 0.6 is 0 Å². The number of ether oxygens (including phenoxy) is 3. The van der Waals surface area contributed by atoms with Gasteiger partial charge in [-0.1, -0.05) is 0 Å². The monoisotopic (exact) mass is 333 g/mol. The highest BCUT2D eigenvalue weighted by molar-refractivity contribution is 6.06. The Hall–Kier alpha value is -2.54. The Morgan fingerprint density at radius 1 is 1.42 bits per heavy atom. The van der Waals surface area contributed by atoms with Crippen molar-refractivity contribution in [2.24, 2.45) is 0 Å². The number of nitrogens with zero attached hydrogens (tertiary/aromatic N) is 1. The minimum absolute atomic E-state index is 0.128. The predicted molar refractivity (Wildman–Crippen MR) is 85.5 cm³/mol. The number of carbonyl (C=O) groups excluding carboxylic acids is 1. The van der Waals surface area contributed by atoms with Gasteiger partial charge < -0.3 is 23.9 Å². The third-order valence-corrected chi connectivity index (χ3v) is 3.91. The van der Waals surface area contributed by atoms with Gasteiger partial charge in [-0.2, -0.15) is 0 Å². The maximum Gasteiger partial charge on any atom is 0.340 e. The van der Waals surface area contributed by atoms with Crippen LogP contribution in [0.2, 0.25) is 0 Å². The molecule has 1 saturated heterocycles. The maximum atomic E-state index is 12.3. The molecule has 1 aliphatic heterocycles. The number of aromatic nitrogens is 1. The van der Waals surface area contributed by atoms with Crippen molar-refractivity contribution in [1.29, 1.82) is 0 Å². The van der Waals surface area contributed by atoms with Crippen LogP contribution in [-0.2, 0) is 20.8 Å². The Kier molecular flexibility index (Phi) is 4.44. The van der Waals surface area contributed by atoms with Crippen LogP contribution in [0.5, 0.6) is 5.75 Å². The molecule has 0 spiro atoms. The van der Waals surface area contributed by atoms with E-state index in [1.54, 1.807) is 36.6 Å². The fourth-order valence-corrected chi connectivity index (χ4v) is 2.70. The van der Waals surface area contributed by atoms with E-state index in [1.165, 1.54) is 0 Å². The Balaban J connectivity index is 2.05. The Labute approximate surface area is 138 Å². The summed E-state index contributed by atoms with van der Waals surface area (Å²) in [6, 6.07) is 5.27. The van der Waals surface area contributed by atoms with Gasteiger partial charge in [-0.3, -0.25) is 4.79 Å². The molecule has 2 aromatic rings.